The summed E-state index contributed by atoms with van der Waals surface area (Å²) in [5.41, 5.74) is 1.24. The SMILES string of the molecule is CC(C)Oc1ccc2c(ccn2Cc2ccc(Br)s2)c1. The van der Waals surface area contributed by atoms with Gasteiger partial charge in [0.05, 0.1) is 16.4 Å². The Hall–Kier alpha value is -1.26. The van der Waals surface area contributed by atoms with Gasteiger partial charge in [0.25, 0.3) is 0 Å². The lowest BCUT2D eigenvalue weighted by Crippen LogP contribution is -2.05. The Kier molecular flexibility index (Phi) is 3.85. The molecule has 0 N–H and O–H groups in total. The van der Waals surface area contributed by atoms with Crippen LogP contribution in [-0.4, -0.2) is 10.7 Å². The van der Waals surface area contributed by atoms with E-state index >= 15 is 0 Å². The van der Waals surface area contributed by atoms with Gasteiger partial charge in [0, 0.05) is 22.0 Å². The Labute approximate surface area is 131 Å². The van der Waals surface area contributed by atoms with Gasteiger partial charge < -0.3 is 9.30 Å². The topological polar surface area (TPSA) is 14.2 Å². The maximum absolute atomic E-state index is 5.74. The van der Waals surface area contributed by atoms with Crippen LogP contribution in [0.1, 0.15) is 18.7 Å². The van der Waals surface area contributed by atoms with Gasteiger partial charge in [-0.15, -0.1) is 11.3 Å². The van der Waals surface area contributed by atoms with E-state index in [-0.39, 0.29) is 6.10 Å². The zero-order valence-corrected chi connectivity index (χ0v) is 13.9. The molecule has 0 fully saturated rings. The van der Waals surface area contributed by atoms with Gasteiger partial charge >= 0.3 is 0 Å². The number of hydrogen-bond acceptors (Lipinski definition) is 2. The molecular weight excluding hydrogens is 334 g/mol. The van der Waals surface area contributed by atoms with Crippen LogP contribution in [0.4, 0.5) is 0 Å². The first kappa shape index (κ1) is 13.7. The van der Waals surface area contributed by atoms with E-state index in [1.165, 1.54) is 19.6 Å². The summed E-state index contributed by atoms with van der Waals surface area (Å²) in [5.74, 6) is 0.934. The molecule has 0 aliphatic heterocycles. The number of halogens is 1. The molecule has 0 amide bonds. The molecule has 2 nitrogen and oxygen atoms in total. The van der Waals surface area contributed by atoms with Crippen molar-refractivity contribution in [2.24, 2.45) is 0 Å². The average molecular weight is 350 g/mol. The molecule has 0 spiro atoms. The fraction of sp³-hybridized carbons (Fsp3) is 0.250. The highest BCUT2D eigenvalue weighted by Gasteiger charge is 2.06. The molecule has 0 radical (unpaired) electrons. The van der Waals surface area contributed by atoms with Crippen molar-refractivity contribution in [3.8, 4) is 5.75 Å². The van der Waals surface area contributed by atoms with E-state index < -0.39 is 0 Å². The normalized spacial score (nSPS) is 11.4. The van der Waals surface area contributed by atoms with Crippen LogP contribution in [0, 0.1) is 0 Å². The van der Waals surface area contributed by atoms with Gasteiger partial charge in [0.15, 0.2) is 0 Å². The molecule has 2 aromatic heterocycles. The first-order valence-electron chi connectivity index (χ1n) is 6.61. The Balaban J connectivity index is 1.89. The second-order valence-electron chi connectivity index (χ2n) is 5.04. The van der Waals surface area contributed by atoms with Crippen LogP contribution in [0.2, 0.25) is 0 Å². The number of benzene rings is 1. The molecular formula is C16H16BrNOS. The van der Waals surface area contributed by atoms with E-state index in [4.69, 9.17) is 4.74 Å². The van der Waals surface area contributed by atoms with Gasteiger partial charge in [-0.05, 0) is 66.2 Å². The molecule has 1 aromatic carbocycles. The van der Waals surface area contributed by atoms with E-state index in [9.17, 15) is 0 Å². The van der Waals surface area contributed by atoms with E-state index in [1.54, 1.807) is 11.3 Å². The summed E-state index contributed by atoms with van der Waals surface area (Å²) < 4.78 is 9.19. The Bertz CT molecular complexity index is 729. The molecule has 0 unspecified atom stereocenters. The summed E-state index contributed by atoms with van der Waals surface area (Å²) >= 11 is 5.29. The van der Waals surface area contributed by atoms with Crippen molar-refractivity contribution in [3.63, 3.8) is 0 Å². The smallest absolute Gasteiger partial charge is 0.120 e. The number of hydrogen-bond donors (Lipinski definition) is 0. The number of fused-ring (bicyclic) bond motifs is 1. The quantitative estimate of drug-likeness (QED) is 0.623. The third kappa shape index (κ3) is 2.91. The molecule has 0 saturated heterocycles. The molecule has 0 bridgehead atoms. The van der Waals surface area contributed by atoms with Crippen LogP contribution >= 0.6 is 27.3 Å². The van der Waals surface area contributed by atoms with Crippen LogP contribution in [0.25, 0.3) is 10.9 Å². The van der Waals surface area contributed by atoms with Crippen LogP contribution in [0.5, 0.6) is 5.75 Å². The molecule has 0 atom stereocenters. The number of nitrogens with zero attached hydrogens (tertiary/aromatic N) is 1. The molecule has 3 rings (SSSR count). The minimum Gasteiger partial charge on any atom is -0.491 e. The highest BCUT2D eigenvalue weighted by Crippen LogP contribution is 2.26. The number of ether oxygens (including phenoxy) is 1. The fourth-order valence-electron chi connectivity index (χ4n) is 2.27. The minimum atomic E-state index is 0.206. The van der Waals surface area contributed by atoms with Crippen LogP contribution < -0.4 is 4.74 Å². The Morgan fingerprint density at radius 3 is 2.75 bits per heavy atom. The summed E-state index contributed by atoms with van der Waals surface area (Å²) in [4.78, 5) is 1.34. The van der Waals surface area contributed by atoms with Crippen molar-refractivity contribution in [2.45, 2.75) is 26.5 Å². The summed E-state index contributed by atoms with van der Waals surface area (Å²) in [7, 11) is 0. The van der Waals surface area contributed by atoms with Crippen molar-refractivity contribution >= 4 is 38.2 Å². The van der Waals surface area contributed by atoms with E-state index in [2.05, 4.69) is 57.0 Å². The molecule has 2 heterocycles. The number of thiophene rings is 1. The maximum Gasteiger partial charge on any atom is 0.120 e. The van der Waals surface area contributed by atoms with Gasteiger partial charge in [0.2, 0.25) is 0 Å². The first-order valence-corrected chi connectivity index (χ1v) is 8.22. The van der Waals surface area contributed by atoms with Crippen LogP contribution in [0.3, 0.4) is 0 Å². The summed E-state index contributed by atoms with van der Waals surface area (Å²) in [6.45, 7) is 5.00. The monoisotopic (exact) mass is 349 g/mol. The largest absolute Gasteiger partial charge is 0.491 e. The van der Waals surface area contributed by atoms with Crippen molar-refractivity contribution in [1.82, 2.24) is 4.57 Å². The zero-order chi connectivity index (χ0) is 14.1. The standard InChI is InChI=1S/C16H16BrNOS/c1-11(2)19-13-3-5-15-12(9-13)7-8-18(15)10-14-4-6-16(17)20-14/h3-9,11H,10H2,1-2H3. The third-order valence-corrected chi connectivity index (χ3v) is 4.68. The predicted molar refractivity (Wildman–Crippen MR) is 88.8 cm³/mol. The van der Waals surface area contributed by atoms with E-state index in [0.717, 1.165) is 12.3 Å². The fourth-order valence-corrected chi connectivity index (χ4v) is 3.75. The Morgan fingerprint density at radius 1 is 1.20 bits per heavy atom. The molecule has 104 valence electrons. The molecule has 0 aliphatic carbocycles. The highest BCUT2D eigenvalue weighted by molar-refractivity contribution is 9.11. The van der Waals surface area contributed by atoms with Crippen molar-refractivity contribution in [1.29, 1.82) is 0 Å². The van der Waals surface area contributed by atoms with Gasteiger partial charge in [-0.25, -0.2) is 0 Å². The molecule has 3 aromatic rings. The summed E-state index contributed by atoms with van der Waals surface area (Å²) in [5, 5.41) is 1.22. The molecule has 4 heteroatoms. The predicted octanol–water partition coefficient (Wildman–Crippen LogP) is 5.30. The summed E-state index contributed by atoms with van der Waals surface area (Å²) in [6, 6.07) is 12.7. The number of aromatic nitrogens is 1. The van der Waals surface area contributed by atoms with E-state index in [1.807, 2.05) is 19.9 Å². The van der Waals surface area contributed by atoms with Crippen molar-refractivity contribution < 1.29 is 4.74 Å². The van der Waals surface area contributed by atoms with Crippen molar-refractivity contribution in [2.75, 3.05) is 0 Å². The lowest BCUT2D eigenvalue weighted by Gasteiger charge is -2.10. The molecule has 0 saturated carbocycles. The summed E-state index contributed by atoms with van der Waals surface area (Å²) in [6.07, 6.45) is 2.34. The second kappa shape index (κ2) is 5.62. The molecule has 20 heavy (non-hydrogen) atoms. The first-order chi connectivity index (χ1) is 9.61. The Morgan fingerprint density at radius 2 is 2.05 bits per heavy atom. The van der Waals surface area contributed by atoms with Crippen LogP contribution in [-0.2, 0) is 6.54 Å². The lowest BCUT2D eigenvalue weighted by atomic mass is 10.2. The maximum atomic E-state index is 5.74. The van der Waals surface area contributed by atoms with Gasteiger partial charge in [-0.3, -0.25) is 0 Å². The minimum absolute atomic E-state index is 0.206. The van der Waals surface area contributed by atoms with Crippen molar-refractivity contribution in [3.05, 3.63) is 51.3 Å². The zero-order valence-electron chi connectivity index (χ0n) is 11.5. The lowest BCUT2D eigenvalue weighted by molar-refractivity contribution is 0.243. The second-order valence-corrected chi connectivity index (χ2v) is 7.58. The highest BCUT2D eigenvalue weighted by atomic mass is 79.9. The number of rotatable bonds is 4. The van der Waals surface area contributed by atoms with E-state index in [0.29, 0.717) is 0 Å². The van der Waals surface area contributed by atoms with Gasteiger partial charge in [-0.1, -0.05) is 0 Å². The van der Waals surface area contributed by atoms with Gasteiger partial charge in [-0.2, -0.15) is 0 Å². The molecule has 0 aliphatic rings. The van der Waals surface area contributed by atoms with Gasteiger partial charge in [0.1, 0.15) is 5.75 Å². The third-order valence-electron chi connectivity index (χ3n) is 3.07. The average Bonchev–Trinajstić information content (AvgIpc) is 2.96. The van der Waals surface area contributed by atoms with Crippen LogP contribution in [0.15, 0.2) is 46.4 Å².